The first-order valence-electron chi connectivity index (χ1n) is 5.38. The highest BCUT2D eigenvalue weighted by atomic mass is 35.5. The molecule has 0 aliphatic carbocycles. The van der Waals surface area contributed by atoms with Crippen LogP contribution in [-0.2, 0) is 6.54 Å². The maximum absolute atomic E-state index is 13.5. The lowest BCUT2D eigenvalue weighted by Gasteiger charge is -2.30. The highest BCUT2D eigenvalue weighted by Gasteiger charge is 2.26. The summed E-state index contributed by atoms with van der Waals surface area (Å²) >= 11 is 17.7. The lowest BCUT2D eigenvalue weighted by atomic mass is 10.0. The van der Waals surface area contributed by atoms with Crippen molar-refractivity contribution in [3.8, 4) is 0 Å². The fraction of sp³-hybridized carbons (Fsp3) is 0.500. The molecular formula is C12H15Cl3FN. The molecule has 0 radical (unpaired) electrons. The highest BCUT2D eigenvalue weighted by Crippen LogP contribution is 2.21. The van der Waals surface area contributed by atoms with Crippen molar-refractivity contribution >= 4 is 34.8 Å². The molecule has 1 aromatic carbocycles. The molecule has 1 aromatic rings. The molecule has 5 heteroatoms. The van der Waals surface area contributed by atoms with Gasteiger partial charge in [-0.3, -0.25) is 0 Å². The molecule has 0 spiro atoms. The molecule has 96 valence electrons. The van der Waals surface area contributed by atoms with Crippen LogP contribution >= 0.6 is 34.8 Å². The van der Waals surface area contributed by atoms with E-state index in [1.54, 1.807) is 12.1 Å². The minimum absolute atomic E-state index is 0.318. The van der Waals surface area contributed by atoms with Gasteiger partial charge in [-0.25, -0.2) is 4.39 Å². The number of alkyl halides is 2. The quantitative estimate of drug-likeness (QED) is 0.776. The van der Waals surface area contributed by atoms with E-state index in [0.717, 1.165) is 6.42 Å². The summed E-state index contributed by atoms with van der Waals surface area (Å²) < 4.78 is 13.5. The molecule has 0 saturated carbocycles. The average molecular weight is 299 g/mol. The Balaban J connectivity index is 2.79. The Morgan fingerprint density at radius 3 is 2.41 bits per heavy atom. The standard InChI is InChI=1S/C12H15Cl3FN/c1-2-12(7-13,8-14)17-6-9-10(15)4-3-5-11(9)16/h3-5,17H,2,6-8H2,1H3. The van der Waals surface area contributed by atoms with Gasteiger partial charge in [0, 0.05) is 34.4 Å². The van der Waals surface area contributed by atoms with Gasteiger partial charge in [-0.2, -0.15) is 0 Å². The largest absolute Gasteiger partial charge is 0.305 e. The van der Waals surface area contributed by atoms with E-state index >= 15 is 0 Å². The van der Waals surface area contributed by atoms with Gasteiger partial charge in [0.2, 0.25) is 0 Å². The second-order valence-electron chi connectivity index (χ2n) is 3.95. The smallest absolute Gasteiger partial charge is 0.129 e. The number of rotatable bonds is 6. The monoisotopic (exact) mass is 297 g/mol. The van der Waals surface area contributed by atoms with E-state index in [1.165, 1.54) is 6.07 Å². The average Bonchev–Trinajstić information content (AvgIpc) is 2.34. The van der Waals surface area contributed by atoms with Crippen LogP contribution in [0.2, 0.25) is 5.02 Å². The predicted molar refractivity (Wildman–Crippen MR) is 72.7 cm³/mol. The van der Waals surface area contributed by atoms with Crippen LogP contribution in [0.15, 0.2) is 18.2 Å². The zero-order chi connectivity index (χ0) is 12.9. The predicted octanol–water partition coefficient (Wildman–Crippen LogP) is 4.20. The number of nitrogens with one attached hydrogen (secondary N) is 1. The molecule has 0 saturated heterocycles. The van der Waals surface area contributed by atoms with Gasteiger partial charge in [0.15, 0.2) is 0 Å². The first kappa shape index (κ1) is 15.0. The Bertz CT molecular complexity index is 338. The van der Waals surface area contributed by atoms with Crippen molar-refractivity contribution in [3.05, 3.63) is 34.6 Å². The van der Waals surface area contributed by atoms with Crippen LogP contribution in [0.5, 0.6) is 0 Å². The number of hydrogen-bond acceptors (Lipinski definition) is 1. The molecule has 17 heavy (non-hydrogen) atoms. The summed E-state index contributed by atoms with van der Waals surface area (Å²) in [5, 5.41) is 3.60. The molecule has 0 aliphatic heterocycles. The van der Waals surface area contributed by atoms with Crippen molar-refractivity contribution in [2.45, 2.75) is 25.4 Å². The highest BCUT2D eigenvalue weighted by molar-refractivity contribution is 6.31. The molecule has 0 aliphatic rings. The Morgan fingerprint density at radius 1 is 1.29 bits per heavy atom. The van der Waals surface area contributed by atoms with Crippen molar-refractivity contribution in [1.29, 1.82) is 0 Å². The summed E-state index contributed by atoms with van der Waals surface area (Å²) in [6.45, 7) is 2.31. The molecular weight excluding hydrogens is 283 g/mol. The van der Waals surface area contributed by atoms with Gasteiger partial charge in [-0.1, -0.05) is 24.6 Å². The number of hydrogen-bond donors (Lipinski definition) is 1. The maximum atomic E-state index is 13.5. The summed E-state index contributed by atoms with van der Waals surface area (Å²) in [4.78, 5) is 0. The van der Waals surface area contributed by atoms with Crippen LogP contribution in [0.25, 0.3) is 0 Å². The van der Waals surface area contributed by atoms with Crippen molar-refractivity contribution in [2.75, 3.05) is 11.8 Å². The van der Waals surface area contributed by atoms with Gasteiger partial charge < -0.3 is 5.32 Å². The summed E-state index contributed by atoms with van der Waals surface area (Å²) in [7, 11) is 0. The van der Waals surface area contributed by atoms with Gasteiger partial charge in [0.25, 0.3) is 0 Å². The second kappa shape index (κ2) is 6.79. The molecule has 0 fully saturated rings. The molecule has 1 nitrogen and oxygen atoms in total. The lowest BCUT2D eigenvalue weighted by molar-refractivity contribution is 0.381. The minimum atomic E-state index is -0.380. The first-order valence-corrected chi connectivity index (χ1v) is 6.83. The van der Waals surface area contributed by atoms with Crippen LogP contribution in [0.3, 0.4) is 0 Å². The second-order valence-corrected chi connectivity index (χ2v) is 4.90. The van der Waals surface area contributed by atoms with Crippen LogP contribution in [0, 0.1) is 5.82 Å². The van der Waals surface area contributed by atoms with Crippen LogP contribution in [-0.4, -0.2) is 17.3 Å². The molecule has 1 N–H and O–H groups in total. The zero-order valence-electron chi connectivity index (χ0n) is 9.57. The Hall–Kier alpha value is -0.0200. The zero-order valence-corrected chi connectivity index (χ0v) is 11.8. The minimum Gasteiger partial charge on any atom is -0.305 e. The van der Waals surface area contributed by atoms with Crippen molar-refractivity contribution in [2.24, 2.45) is 0 Å². The van der Waals surface area contributed by atoms with E-state index in [2.05, 4.69) is 5.32 Å². The fourth-order valence-corrected chi connectivity index (χ4v) is 2.50. The SMILES string of the molecule is CCC(CCl)(CCl)NCc1c(F)cccc1Cl. The Labute approximate surface area is 116 Å². The van der Waals surface area contributed by atoms with Gasteiger partial charge in [0.1, 0.15) is 5.82 Å². The molecule has 0 unspecified atom stereocenters. The first-order chi connectivity index (χ1) is 8.08. The molecule has 1 rings (SSSR count). The van der Waals surface area contributed by atoms with Crippen LogP contribution < -0.4 is 5.32 Å². The van der Waals surface area contributed by atoms with E-state index in [9.17, 15) is 4.39 Å². The topological polar surface area (TPSA) is 12.0 Å². The fourth-order valence-electron chi connectivity index (χ4n) is 1.42. The molecule has 0 bridgehead atoms. The van der Waals surface area contributed by atoms with E-state index in [4.69, 9.17) is 34.8 Å². The van der Waals surface area contributed by atoms with E-state index in [-0.39, 0.29) is 11.4 Å². The summed E-state index contributed by atoms with van der Waals surface area (Å²) in [5.74, 6) is 0.428. The molecule has 0 amide bonds. The van der Waals surface area contributed by atoms with Crippen LogP contribution in [0.1, 0.15) is 18.9 Å². The van der Waals surface area contributed by atoms with Gasteiger partial charge in [-0.05, 0) is 18.6 Å². The normalized spacial score (nSPS) is 11.8. The van der Waals surface area contributed by atoms with Crippen molar-refractivity contribution in [3.63, 3.8) is 0 Å². The third kappa shape index (κ3) is 3.72. The maximum Gasteiger partial charge on any atom is 0.129 e. The van der Waals surface area contributed by atoms with Gasteiger partial charge in [0.05, 0.1) is 0 Å². The third-order valence-electron chi connectivity index (χ3n) is 2.89. The summed E-state index contributed by atoms with van der Waals surface area (Å²) in [6.07, 6.45) is 0.770. The number of benzene rings is 1. The van der Waals surface area contributed by atoms with Crippen molar-refractivity contribution in [1.82, 2.24) is 5.32 Å². The summed E-state index contributed by atoms with van der Waals surface area (Å²) in [6, 6.07) is 4.63. The Kier molecular flexibility index (Phi) is 6.01. The van der Waals surface area contributed by atoms with E-state index in [0.29, 0.717) is 28.9 Å². The van der Waals surface area contributed by atoms with Crippen molar-refractivity contribution < 1.29 is 4.39 Å². The lowest BCUT2D eigenvalue weighted by Crippen LogP contribution is -2.48. The van der Waals surface area contributed by atoms with Gasteiger partial charge >= 0.3 is 0 Å². The molecule has 0 aromatic heterocycles. The molecule has 0 heterocycles. The van der Waals surface area contributed by atoms with Gasteiger partial charge in [-0.15, -0.1) is 23.2 Å². The van der Waals surface area contributed by atoms with Crippen LogP contribution in [0.4, 0.5) is 4.39 Å². The van der Waals surface area contributed by atoms with E-state index in [1.807, 2.05) is 6.92 Å². The molecule has 0 atom stereocenters. The summed E-state index contributed by atoms with van der Waals surface area (Å²) in [5.41, 5.74) is 0.0663. The van der Waals surface area contributed by atoms with E-state index < -0.39 is 0 Å². The Morgan fingerprint density at radius 2 is 1.94 bits per heavy atom. The number of halogens is 4. The third-order valence-corrected chi connectivity index (χ3v) is 4.27.